The summed E-state index contributed by atoms with van der Waals surface area (Å²) in [7, 11) is 1.61. The van der Waals surface area contributed by atoms with Crippen LogP contribution < -0.4 is 10.1 Å². The van der Waals surface area contributed by atoms with Gasteiger partial charge >= 0.3 is 0 Å². The van der Waals surface area contributed by atoms with E-state index in [0.29, 0.717) is 6.54 Å². The van der Waals surface area contributed by atoms with Crippen LogP contribution in [0.15, 0.2) is 42.5 Å². The van der Waals surface area contributed by atoms with Gasteiger partial charge in [0.15, 0.2) is 0 Å². The number of amides is 2. The fourth-order valence-corrected chi connectivity index (χ4v) is 3.12. The highest BCUT2D eigenvalue weighted by molar-refractivity contribution is 5.98. The van der Waals surface area contributed by atoms with Gasteiger partial charge in [0.05, 0.1) is 13.7 Å². The van der Waals surface area contributed by atoms with Gasteiger partial charge in [-0.1, -0.05) is 29.8 Å². The predicted molar refractivity (Wildman–Crippen MR) is 103 cm³/mol. The van der Waals surface area contributed by atoms with E-state index in [1.165, 1.54) is 0 Å². The lowest BCUT2D eigenvalue weighted by Gasteiger charge is -2.34. The Kier molecular flexibility index (Phi) is 5.76. The van der Waals surface area contributed by atoms with Gasteiger partial charge in [-0.15, -0.1) is 0 Å². The molecule has 3 rings (SSSR count). The largest absolute Gasteiger partial charge is 0.497 e. The van der Waals surface area contributed by atoms with Crippen molar-refractivity contribution in [3.8, 4) is 5.75 Å². The predicted octanol–water partition coefficient (Wildman–Crippen LogP) is 2.68. The first-order chi connectivity index (χ1) is 13.0. The average Bonchev–Trinajstić information content (AvgIpc) is 2.66. The summed E-state index contributed by atoms with van der Waals surface area (Å²) in [4.78, 5) is 26.8. The Hall–Kier alpha value is -2.86. The fourth-order valence-electron chi connectivity index (χ4n) is 3.12. The summed E-state index contributed by atoms with van der Waals surface area (Å²) in [6.07, 6.45) is 0. The average molecular weight is 368 g/mol. The number of anilines is 1. The maximum Gasteiger partial charge on any atom is 0.249 e. The number of ether oxygens (including phenoxy) is 2. The molecule has 1 aliphatic rings. The van der Waals surface area contributed by atoms with Crippen molar-refractivity contribution >= 4 is 17.5 Å². The molecule has 27 heavy (non-hydrogen) atoms. The summed E-state index contributed by atoms with van der Waals surface area (Å²) < 4.78 is 10.5. The molecule has 0 radical (unpaired) electrons. The Labute approximate surface area is 159 Å². The third kappa shape index (κ3) is 4.46. The highest BCUT2D eigenvalue weighted by Crippen LogP contribution is 2.20. The monoisotopic (exact) mass is 368 g/mol. The summed E-state index contributed by atoms with van der Waals surface area (Å²) >= 11 is 0. The Morgan fingerprint density at radius 2 is 1.96 bits per heavy atom. The lowest BCUT2D eigenvalue weighted by atomic mass is 10.1. The van der Waals surface area contributed by atoms with Crippen LogP contribution in [0.4, 0.5) is 5.69 Å². The molecule has 1 aliphatic heterocycles. The lowest BCUT2D eigenvalue weighted by molar-refractivity contribution is -0.154. The van der Waals surface area contributed by atoms with Gasteiger partial charge in [0.25, 0.3) is 0 Å². The van der Waals surface area contributed by atoms with E-state index in [-0.39, 0.29) is 25.0 Å². The highest BCUT2D eigenvalue weighted by Gasteiger charge is 2.34. The number of benzene rings is 2. The molecule has 1 N–H and O–H groups in total. The summed E-state index contributed by atoms with van der Waals surface area (Å²) in [5.41, 5.74) is 3.78. The van der Waals surface area contributed by atoms with Gasteiger partial charge in [-0.05, 0) is 43.2 Å². The second-order valence-electron chi connectivity index (χ2n) is 6.71. The van der Waals surface area contributed by atoms with Crippen molar-refractivity contribution in [2.75, 3.05) is 25.6 Å². The number of nitrogens with zero attached hydrogens (tertiary/aromatic N) is 1. The number of rotatable bonds is 5. The molecule has 0 aromatic heterocycles. The number of carbonyl (C=O) groups is 2. The number of methoxy groups -OCH3 is 1. The molecule has 0 unspecified atom stereocenters. The minimum atomic E-state index is -0.672. The van der Waals surface area contributed by atoms with Crippen LogP contribution in [-0.4, -0.2) is 43.1 Å². The van der Waals surface area contributed by atoms with Crippen LogP contribution in [0.5, 0.6) is 5.75 Å². The van der Waals surface area contributed by atoms with Crippen LogP contribution in [0.25, 0.3) is 0 Å². The molecule has 0 spiro atoms. The quantitative estimate of drug-likeness (QED) is 0.881. The lowest BCUT2D eigenvalue weighted by Crippen LogP contribution is -2.54. The van der Waals surface area contributed by atoms with Crippen molar-refractivity contribution in [2.45, 2.75) is 26.4 Å². The third-order valence-electron chi connectivity index (χ3n) is 4.65. The normalized spacial score (nSPS) is 16.9. The molecule has 6 nitrogen and oxygen atoms in total. The summed E-state index contributed by atoms with van der Waals surface area (Å²) in [6, 6.07) is 12.6. The summed E-state index contributed by atoms with van der Waals surface area (Å²) in [6.45, 7) is 4.46. The van der Waals surface area contributed by atoms with E-state index in [9.17, 15) is 9.59 Å². The molecule has 142 valence electrons. The second-order valence-corrected chi connectivity index (χ2v) is 6.71. The van der Waals surface area contributed by atoms with Crippen molar-refractivity contribution in [1.29, 1.82) is 0 Å². The number of morpholine rings is 1. The van der Waals surface area contributed by atoms with Crippen LogP contribution in [0, 0.1) is 13.8 Å². The number of carbonyl (C=O) groups excluding carboxylic acids is 2. The fraction of sp³-hybridized carbons (Fsp3) is 0.333. The minimum Gasteiger partial charge on any atom is -0.497 e. The number of nitrogens with one attached hydrogen (secondary N) is 1. The van der Waals surface area contributed by atoms with Crippen LogP contribution in [-0.2, 0) is 20.9 Å². The van der Waals surface area contributed by atoms with E-state index in [2.05, 4.69) is 5.32 Å². The van der Waals surface area contributed by atoms with Crippen molar-refractivity contribution in [2.24, 2.45) is 0 Å². The van der Waals surface area contributed by atoms with Crippen molar-refractivity contribution in [3.05, 3.63) is 59.2 Å². The Balaban J connectivity index is 1.76. The molecule has 1 saturated heterocycles. The molecule has 1 heterocycles. The van der Waals surface area contributed by atoms with Crippen LogP contribution >= 0.6 is 0 Å². The zero-order valence-electron chi connectivity index (χ0n) is 15.8. The second kappa shape index (κ2) is 8.22. The maximum absolute atomic E-state index is 12.8. The van der Waals surface area contributed by atoms with Gasteiger partial charge in [0.1, 0.15) is 18.4 Å². The number of hydrogen-bond donors (Lipinski definition) is 1. The molecule has 2 aromatic carbocycles. The van der Waals surface area contributed by atoms with Gasteiger partial charge in [0, 0.05) is 12.2 Å². The molecule has 0 saturated carbocycles. The molecule has 0 aliphatic carbocycles. The van der Waals surface area contributed by atoms with Crippen molar-refractivity contribution in [3.63, 3.8) is 0 Å². The molecule has 2 amide bonds. The molecular weight excluding hydrogens is 344 g/mol. The van der Waals surface area contributed by atoms with E-state index in [4.69, 9.17) is 9.47 Å². The molecule has 0 bridgehead atoms. The highest BCUT2D eigenvalue weighted by atomic mass is 16.5. The van der Waals surface area contributed by atoms with Crippen LogP contribution in [0.2, 0.25) is 0 Å². The Morgan fingerprint density at radius 3 is 2.63 bits per heavy atom. The van der Waals surface area contributed by atoms with E-state index < -0.39 is 6.04 Å². The molecule has 1 atom stereocenters. The van der Waals surface area contributed by atoms with Crippen molar-refractivity contribution in [1.82, 2.24) is 4.90 Å². The standard InChI is InChI=1S/C21H24N2O4/c1-14-4-9-18(15(2)10-14)22-21(25)19-12-27-13-20(24)23(19)11-16-5-7-17(26-3)8-6-16/h4-10,19H,11-13H2,1-3H3,(H,22,25)/t19-/m0/s1. The first kappa shape index (κ1) is 18.9. The number of aryl methyl sites for hydroxylation is 2. The van der Waals surface area contributed by atoms with E-state index in [1.807, 2.05) is 56.3 Å². The minimum absolute atomic E-state index is 0.0104. The summed E-state index contributed by atoms with van der Waals surface area (Å²) in [5, 5.41) is 2.93. The molecule has 2 aromatic rings. The van der Waals surface area contributed by atoms with Gasteiger partial charge in [-0.25, -0.2) is 0 Å². The molecule has 6 heteroatoms. The van der Waals surface area contributed by atoms with Gasteiger partial charge in [-0.2, -0.15) is 0 Å². The van der Waals surface area contributed by atoms with E-state index in [1.54, 1.807) is 12.0 Å². The van der Waals surface area contributed by atoms with Gasteiger partial charge in [0.2, 0.25) is 11.8 Å². The third-order valence-corrected chi connectivity index (χ3v) is 4.65. The van der Waals surface area contributed by atoms with Gasteiger partial charge < -0.3 is 19.7 Å². The first-order valence-corrected chi connectivity index (χ1v) is 8.86. The SMILES string of the molecule is COc1ccc(CN2C(=O)COC[C@H]2C(=O)Nc2ccc(C)cc2C)cc1. The topological polar surface area (TPSA) is 67.9 Å². The molecular formula is C21H24N2O4. The van der Waals surface area contributed by atoms with E-state index >= 15 is 0 Å². The Morgan fingerprint density at radius 1 is 1.22 bits per heavy atom. The maximum atomic E-state index is 12.8. The summed E-state index contributed by atoms with van der Waals surface area (Å²) in [5.74, 6) is 0.303. The van der Waals surface area contributed by atoms with Gasteiger partial charge in [-0.3, -0.25) is 9.59 Å². The zero-order valence-corrected chi connectivity index (χ0v) is 15.8. The van der Waals surface area contributed by atoms with E-state index in [0.717, 1.165) is 28.1 Å². The van der Waals surface area contributed by atoms with Crippen LogP contribution in [0.3, 0.4) is 0 Å². The number of hydrogen-bond acceptors (Lipinski definition) is 4. The molecule has 1 fully saturated rings. The zero-order chi connectivity index (χ0) is 19.4. The first-order valence-electron chi connectivity index (χ1n) is 8.86. The Bertz CT molecular complexity index is 833. The van der Waals surface area contributed by atoms with Crippen molar-refractivity contribution < 1.29 is 19.1 Å². The van der Waals surface area contributed by atoms with Crippen LogP contribution in [0.1, 0.15) is 16.7 Å². The smallest absolute Gasteiger partial charge is 0.249 e.